The number of anilines is 1. The van der Waals surface area contributed by atoms with Gasteiger partial charge in [0, 0.05) is 5.56 Å². The number of rotatable bonds is 7. The summed E-state index contributed by atoms with van der Waals surface area (Å²) in [6, 6.07) is 15.3. The van der Waals surface area contributed by atoms with Crippen LogP contribution < -0.4 is 14.8 Å². The van der Waals surface area contributed by atoms with Crippen LogP contribution in [0.3, 0.4) is 0 Å². The van der Waals surface area contributed by atoms with Crippen molar-refractivity contribution in [1.82, 2.24) is 10.2 Å². The molecule has 0 spiro atoms. The Morgan fingerprint density at radius 3 is 2.43 bits per heavy atom. The molecule has 3 rings (SSSR count). The normalized spacial score (nSPS) is 11.9. The maximum atomic E-state index is 12.5. The smallest absolute Gasteiger partial charge is 0.266 e. The molecule has 1 N–H and O–H groups in total. The van der Waals surface area contributed by atoms with Crippen LogP contribution in [-0.4, -0.2) is 29.3 Å². The van der Waals surface area contributed by atoms with E-state index in [1.165, 1.54) is 11.3 Å². The molecular formula is C21H23N3O3S. The van der Waals surface area contributed by atoms with Crippen molar-refractivity contribution in [2.75, 3.05) is 12.4 Å². The first-order valence-electron chi connectivity index (χ1n) is 9.02. The molecule has 1 aromatic heterocycles. The van der Waals surface area contributed by atoms with E-state index < -0.39 is 6.10 Å². The minimum absolute atomic E-state index is 0.268. The van der Waals surface area contributed by atoms with Gasteiger partial charge < -0.3 is 9.47 Å². The summed E-state index contributed by atoms with van der Waals surface area (Å²) in [6.45, 7) is 5.90. The zero-order chi connectivity index (χ0) is 20.1. The number of hydrogen-bond acceptors (Lipinski definition) is 6. The molecule has 2 aromatic carbocycles. The summed E-state index contributed by atoms with van der Waals surface area (Å²) in [6.07, 6.45) is -0.659. The van der Waals surface area contributed by atoms with Crippen LogP contribution in [0.5, 0.6) is 11.5 Å². The number of methoxy groups -OCH3 is 1. The van der Waals surface area contributed by atoms with Gasteiger partial charge in [0.2, 0.25) is 5.13 Å². The predicted octanol–water partition coefficient (Wildman–Crippen LogP) is 4.74. The highest BCUT2D eigenvalue weighted by Gasteiger charge is 2.19. The molecule has 0 bridgehead atoms. The fourth-order valence-corrected chi connectivity index (χ4v) is 3.39. The van der Waals surface area contributed by atoms with Crippen molar-refractivity contribution in [3.05, 3.63) is 54.1 Å². The van der Waals surface area contributed by atoms with Gasteiger partial charge in [0.1, 0.15) is 16.5 Å². The van der Waals surface area contributed by atoms with E-state index in [1.807, 2.05) is 48.5 Å². The lowest BCUT2D eigenvalue weighted by atomic mass is 10.0. The second kappa shape index (κ2) is 8.84. The fraction of sp³-hybridized carbons (Fsp3) is 0.286. The molecule has 0 aliphatic carbocycles. The lowest BCUT2D eigenvalue weighted by Gasteiger charge is -2.18. The number of amides is 1. The van der Waals surface area contributed by atoms with Crippen molar-refractivity contribution in [3.8, 4) is 22.1 Å². The molecule has 6 nitrogen and oxygen atoms in total. The largest absolute Gasteiger partial charge is 0.497 e. The van der Waals surface area contributed by atoms with E-state index in [4.69, 9.17) is 9.47 Å². The number of nitrogens with zero attached hydrogens (tertiary/aromatic N) is 2. The Morgan fingerprint density at radius 1 is 1.04 bits per heavy atom. The average Bonchev–Trinajstić information content (AvgIpc) is 3.16. The van der Waals surface area contributed by atoms with E-state index in [1.54, 1.807) is 14.0 Å². The topological polar surface area (TPSA) is 73.3 Å². The van der Waals surface area contributed by atoms with Crippen molar-refractivity contribution in [2.24, 2.45) is 0 Å². The van der Waals surface area contributed by atoms with Crippen molar-refractivity contribution >= 4 is 22.4 Å². The number of carbonyl (C=O) groups is 1. The van der Waals surface area contributed by atoms with Gasteiger partial charge in [-0.2, -0.15) is 0 Å². The zero-order valence-corrected chi connectivity index (χ0v) is 17.1. The van der Waals surface area contributed by atoms with Gasteiger partial charge in [-0.1, -0.05) is 43.4 Å². The van der Waals surface area contributed by atoms with Crippen molar-refractivity contribution in [3.63, 3.8) is 0 Å². The third-order valence-electron chi connectivity index (χ3n) is 4.21. The van der Waals surface area contributed by atoms with Gasteiger partial charge in [0.25, 0.3) is 5.91 Å². The Bertz CT molecular complexity index is 938. The minimum Gasteiger partial charge on any atom is -0.497 e. The SMILES string of the molecule is COc1ccc(-c2nnc(NC(=O)C(C)Oc3ccccc3C(C)C)s2)cc1. The van der Waals surface area contributed by atoms with Crippen molar-refractivity contribution < 1.29 is 14.3 Å². The highest BCUT2D eigenvalue weighted by Crippen LogP contribution is 2.29. The fourth-order valence-electron chi connectivity index (χ4n) is 2.64. The van der Waals surface area contributed by atoms with E-state index in [0.29, 0.717) is 11.0 Å². The average molecular weight is 398 g/mol. The predicted molar refractivity (Wildman–Crippen MR) is 111 cm³/mol. The summed E-state index contributed by atoms with van der Waals surface area (Å²) >= 11 is 1.31. The van der Waals surface area contributed by atoms with Crippen molar-refractivity contribution in [2.45, 2.75) is 32.8 Å². The molecule has 0 fully saturated rings. The van der Waals surface area contributed by atoms with Crippen LogP contribution in [0.4, 0.5) is 5.13 Å². The summed E-state index contributed by atoms with van der Waals surface area (Å²) in [5.41, 5.74) is 1.98. The number of aromatic nitrogens is 2. The first-order valence-corrected chi connectivity index (χ1v) is 9.84. The van der Waals surface area contributed by atoms with Crippen LogP contribution in [0.1, 0.15) is 32.3 Å². The molecule has 1 amide bonds. The molecule has 1 unspecified atom stereocenters. The molecule has 0 radical (unpaired) electrons. The van der Waals surface area contributed by atoms with Gasteiger partial charge >= 0.3 is 0 Å². The second-order valence-corrected chi connectivity index (χ2v) is 7.56. The number of nitrogens with one attached hydrogen (secondary N) is 1. The highest BCUT2D eigenvalue weighted by atomic mass is 32.1. The second-order valence-electron chi connectivity index (χ2n) is 6.58. The molecule has 28 heavy (non-hydrogen) atoms. The van der Waals surface area contributed by atoms with E-state index in [0.717, 1.165) is 27.6 Å². The maximum absolute atomic E-state index is 12.5. The van der Waals surface area contributed by atoms with Gasteiger partial charge in [0.05, 0.1) is 7.11 Å². The Labute approximate surface area is 168 Å². The monoisotopic (exact) mass is 397 g/mol. The van der Waals surface area contributed by atoms with Crippen LogP contribution in [0, 0.1) is 0 Å². The zero-order valence-electron chi connectivity index (χ0n) is 16.3. The molecule has 7 heteroatoms. The Morgan fingerprint density at radius 2 is 1.75 bits per heavy atom. The Kier molecular flexibility index (Phi) is 6.26. The summed E-state index contributed by atoms with van der Waals surface area (Å²) < 4.78 is 11.0. The number of ether oxygens (including phenoxy) is 2. The lowest BCUT2D eigenvalue weighted by molar-refractivity contribution is -0.122. The first-order chi connectivity index (χ1) is 13.5. The van der Waals surface area contributed by atoms with Crippen LogP contribution in [0.15, 0.2) is 48.5 Å². The first kappa shape index (κ1) is 19.8. The summed E-state index contributed by atoms with van der Waals surface area (Å²) in [4.78, 5) is 12.5. The van der Waals surface area contributed by atoms with E-state index in [9.17, 15) is 4.79 Å². The maximum Gasteiger partial charge on any atom is 0.266 e. The minimum atomic E-state index is -0.659. The third kappa shape index (κ3) is 4.67. The molecule has 146 valence electrons. The molecule has 1 heterocycles. The number of para-hydroxylation sites is 1. The van der Waals surface area contributed by atoms with Crippen LogP contribution in [0.2, 0.25) is 0 Å². The molecular weight excluding hydrogens is 374 g/mol. The summed E-state index contributed by atoms with van der Waals surface area (Å²) in [7, 11) is 1.62. The standard InChI is InChI=1S/C21H23N3O3S/c1-13(2)17-7-5-6-8-18(17)27-14(3)19(25)22-21-24-23-20(28-21)15-9-11-16(26-4)12-10-15/h5-14H,1-4H3,(H,22,24,25). The molecule has 0 saturated heterocycles. The van der Waals surface area contributed by atoms with Crippen LogP contribution in [0.25, 0.3) is 10.6 Å². The highest BCUT2D eigenvalue weighted by molar-refractivity contribution is 7.18. The quantitative estimate of drug-likeness (QED) is 0.623. The van der Waals surface area contributed by atoms with Gasteiger partial charge in [0.15, 0.2) is 6.10 Å². The summed E-state index contributed by atoms with van der Waals surface area (Å²) in [5.74, 6) is 1.53. The Balaban J connectivity index is 1.65. The molecule has 0 saturated carbocycles. The third-order valence-corrected chi connectivity index (χ3v) is 5.09. The summed E-state index contributed by atoms with van der Waals surface area (Å²) in [5, 5.41) is 12.1. The number of benzene rings is 2. The van der Waals surface area contributed by atoms with Gasteiger partial charge in [-0.05, 0) is 48.7 Å². The Hall–Kier alpha value is -2.93. The van der Waals surface area contributed by atoms with E-state index in [2.05, 4.69) is 29.4 Å². The number of carbonyl (C=O) groups excluding carboxylic acids is 1. The van der Waals surface area contributed by atoms with E-state index >= 15 is 0 Å². The van der Waals surface area contributed by atoms with E-state index in [-0.39, 0.29) is 5.91 Å². The molecule has 0 aliphatic rings. The molecule has 3 aromatic rings. The van der Waals surface area contributed by atoms with Gasteiger partial charge in [-0.25, -0.2) is 0 Å². The van der Waals surface area contributed by atoms with Crippen LogP contribution in [-0.2, 0) is 4.79 Å². The number of hydrogen-bond donors (Lipinski definition) is 1. The lowest BCUT2D eigenvalue weighted by Crippen LogP contribution is -2.30. The van der Waals surface area contributed by atoms with Gasteiger partial charge in [-0.15, -0.1) is 10.2 Å². The van der Waals surface area contributed by atoms with Crippen LogP contribution >= 0.6 is 11.3 Å². The van der Waals surface area contributed by atoms with Crippen molar-refractivity contribution in [1.29, 1.82) is 0 Å². The molecule has 0 aliphatic heterocycles. The van der Waals surface area contributed by atoms with Gasteiger partial charge in [-0.3, -0.25) is 10.1 Å². The molecule has 1 atom stereocenters.